The Morgan fingerprint density at radius 3 is 2.96 bits per heavy atom. The number of fused-ring (bicyclic) bond motifs is 1. The molecule has 1 atom stereocenters. The van der Waals surface area contributed by atoms with Crippen molar-refractivity contribution in [1.82, 2.24) is 20.4 Å². The quantitative estimate of drug-likeness (QED) is 0.770. The van der Waals surface area contributed by atoms with Gasteiger partial charge in [-0.25, -0.2) is 4.98 Å². The van der Waals surface area contributed by atoms with Crippen LogP contribution in [0.25, 0.3) is 11.5 Å². The summed E-state index contributed by atoms with van der Waals surface area (Å²) in [7, 11) is 1.65. The maximum atomic E-state index is 12.4. The van der Waals surface area contributed by atoms with Crippen LogP contribution in [-0.4, -0.2) is 34.7 Å². The predicted molar refractivity (Wildman–Crippen MR) is 85.9 cm³/mol. The maximum Gasteiger partial charge on any atom is 0.271 e. The lowest BCUT2D eigenvalue weighted by molar-refractivity contribution is 0.0950. The van der Waals surface area contributed by atoms with Crippen molar-refractivity contribution in [2.45, 2.75) is 12.3 Å². The number of imidazole rings is 1. The van der Waals surface area contributed by atoms with Crippen molar-refractivity contribution in [2.75, 3.05) is 13.7 Å². The Morgan fingerprint density at radius 1 is 1.29 bits per heavy atom. The smallest absolute Gasteiger partial charge is 0.271 e. The fourth-order valence-electron chi connectivity index (χ4n) is 3.04. The van der Waals surface area contributed by atoms with Crippen LogP contribution in [-0.2, 0) is 6.42 Å². The Balaban J connectivity index is 1.72. The van der Waals surface area contributed by atoms with E-state index in [1.807, 2.05) is 24.3 Å². The predicted octanol–water partition coefficient (Wildman–Crippen LogP) is 2.14. The minimum absolute atomic E-state index is 0.0944. The van der Waals surface area contributed by atoms with Crippen LogP contribution in [0, 0.1) is 0 Å². The molecule has 2 N–H and O–H groups in total. The first-order valence-corrected chi connectivity index (χ1v) is 7.67. The molecule has 1 aliphatic rings. The number of ether oxygens (including phenoxy) is 1. The normalized spacial score (nSPS) is 17.0. The molecule has 7 nitrogen and oxygen atoms in total. The fraction of sp³-hybridized carbons (Fsp3) is 0.235. The van der Waals surface area contributed by atoms with E-state index in [0.717, 1.165) is 17.0 Å². The highest BCUT2D eigenvalue weighted by Crippen LogP contribution is 2.31. The molecule has 3 aromatic rings. The van der Waals surface area contributed by atoms with E-state index in [-0.39, 0.29) is 11.8 Å². The summed E-state index contributed by atoms with van der Waals surface area (Å²) in [6.07, 6.45) is 2.13. The van der Waals surface area contributed by atoms with Crippen molar-refractivity contribution in [3.63, 3.8) is 0 Å². The first kappa shape index (κ1) is 14.5. The molecule has 0 fully saturated rings. The van der Waals surface area contributed by atoms with Gasteiger partial charge < -0.3 is 19.6 Å². The van der Waals surface area contributed by atoms with Crippen LogP contribution < -0.4 is 10.1 Å². The number of H-pyrrole nitrogens is 1. The Kier molecular flexibility index (Phi) is 3.53. The van der Waals surface area contributed by atoms with E-state index in [2.05, 4.69) is 20.4 Å². The molecule has 4 rings (SSSR count). The molecule has 0 aliphatic carbocycles. The van der Waals surface area contributed by atoms with E-state index < -0.39 is 0 Å². The summed E-state index contributed by atoms with van der Waals surface area (Å²) in [5.41, 5.74) is 2.83. The first-order valence-electron chi connectivity index (χ1n) is 7.67. The summed E-state index contributed by atoms with van der Waals surface area (Å²) in [6.45, 7) is 0.530. The van der Waals surface area contributed by atoms with Crippen molar-refractivity contribution < 1.29 is 14.1 Å². The number of hydrogen-bond acceptors (Lipinski definition) is 5. The van der Waals surface area contributed by atoms with Crippen LogP contribution in [0.4, 0.5) is 0 Å². The Hall–Kier alpha value is -3.09. The lowest BCUT2D eigenvalue weighted by Crippen LogP contribution is -2.26. The molecule has 0 saturated carbocycles. The zero-order valence-corrected chi connectivity index (χ0v) is 13.1. The number of hydrogen-bond donors (Lipinski definition) is 2. The average molecular weight is 324 g/mol. The Bertz CT molecular complexity index is 870. The molecule has 0 radical (unpaired) electrons. The zero-order chi connectivity index (χ0) is 16.5. The number of carbonyl (C=O) groups excluding carboxylic acids is 1. The molecule has 2 aromatic heterocycles. The van der Waals surface area contributed by atoms with E-state index in [9.17, 15) is 4.79 Å². The highest BCUT2D eigenvalue weighted by Gasteiger charge is 2.28. The van der Waals surface area contributed by atoms with Gasteiger partial charge >= 0.3 is 0 Å². The molecule has 0 unspecified atom stereocenters. The van der Waals surface area contributed by atoms with Gasteiger partial charge in [0.1, 0.15) is 23.4 Å². The minimum atomic E-state index is -0.187. The van der Waals surface area contributed by atoms with Crippen LogP contribution in [0.5, 0.6) is 5.75 Å². The lowest BCUT2D eigenvalue weighted by Gasteiger charge is -2.17. The van der Waals surface area contributed by atoms with Crippen molar-refractivity contribution in [3.05, 3.63) is 53.5 Å². The zero-order valence-electron chi connectivity index (χ0n) is 13.1. The molecule has 1 aliphatic heterocycles. The van der Waals surface area contributed by atoms with Gasteiger partial charge in [0.15, 0.2) is 5.82 Å². The van der Waals surface area contributed by atoms with Crippen molar-refractivity contribution in [2.24, 2.45) is 0 Å². The lowest BCUT2D eigenvalue weighted by atomic mass is 9.93. The van der Waals surface area contributed by atoms with Crippen LogP contribution >= 0.6 is 0 Å². The minimum Gasteiger partial charge on any atom is -0.496 e. The van der Waals surface area contributed by atoms with E-state index in [1.165, 1.54) is 6.26 Å². The Morgan fingerprint density at radius 2 is 2.17 bits per heavy atom. The number of benzene rings is 1. The largest absolute Gasteiger partial charge is 0.496 e. The highest BCUT2D eigenvalue weighted by molar-refractivity contribution is 5.94. The maximum absolute atomic E-state index is 12.4. The first-order chi connectivity index (χ1) is 11.8. The summed E-state index contributed by atoms with van der Waals surface area (Å²) in [5, 5.41) is 6.80. The van der Waals surface area contributed by atoms with Gasteiger partial charge in [-0.2, -0.15) is 0 Å². The number of carbonyl (C=O) groups is 1. The summed E-state index contributed by atoms with van der Waals surface area (Å²) in [6, 6.07) is 9.56. The topological polar surface area (TPSA) is 93.0 Å². The van der Waals surface area contributed by atoms with E-state index in [4.69, 9.17) is 9.26 Å². The average Bonchev–Trinajstić information content (AvgIpc) is 3.25. The molecule has 0 bridgehead atoms. The fourth-order valence-corrected chi connectivity index (χ4v) is 3.04. The third-order valence-electron chi connectivity index (χ3n) is 4.21. The van der Waals surface area contributed by atoms with Crippen LogP contribution in [0.15, 0.2) is 41.1 Å². The number of aromatic amines is 1. The van der Waals surface area contributed by atoms with E-state index in [0.29, 0.717) is 30.2 Å². The molecule has 0 saturated heterocycles. The van der Waals surface area contributed by atoms with Gasteiger partial charge in [-0.1, -0.05) is 23.4 Å². The molecule has 3 heterocycles. The van der Waals surface area contributed by atoms with E-state index >= 15 is 0 Å². The van der Waals surface area contributed by atoms with Crippen molar-refractivity contribution >= 4 is 5.91 Å². The second kappa shape index (κ2) is 5.84. The van der Waals surface area contributed by atoms with Crippen LogP contribution in [0.2, 0.25) is 0 Å². The number of methoxy groups -OCH3 is 1. The standard InChI is InChI=1S/C17H16N4O3/c1-23-14-5-3-2-4-11(14)10-8-13-15(17(22)18-9-10)20-16(19-13)12-6-7-24-21-12/h2-7,10H,8-9H2,1H3,(H,18,22)(H,19,20)/t10-/m0/s1. The summed E-state index contributed by atoms with van der Waals surface area (Å²) < 4.78 is 10.3. The van der Waals surface area contributed by atoms with Crippen molar-refractivity contribution in [1.29, 1.82) is 0 Å². The number of nitrogens with zero attached hydrogens (tertiary/aromatic N) is 2. The summed E-state index contributed by atoms with van der Waals surface area (Å²) in [4.78, 5) is 19.9. The van der Waals surface area contributed by atoms with Gasteiger partial charge in [-0.15, -0.1) is 0 Å². The number of nitrogens with one attached hydrogen (secondary N) is 2. The highest BCUT2D eigenvalue weighted by atomic mass is 16.5. The second-order valence-corrected chi connectivity index (χ2v) is 5.65. The van der Waals surface area contributed by atoms with E-state index in [1.54, 1.807) is 13.2 Å². The molecular weight excluding hydrogens is 308 g/mol. The van der Waals surface area contributed by atoms with Gasteiger partial charge in [0.25, 0.3) is 5.91 Å². The summed E-state index contributed by atoms with van der Waals surface area (Å²) in [5.74, 6) is 1.26. The molecule has 1 amide bonds. The van der Waals surface area contributed by atoms with Crippen molar-refractivity contribution in [3.8, 4) is 17.3 Å². The molecule has 24 heavy (non-hydrogen) atoms. The number of amides is 1. The third kappa shape index (κ3) is 2.44. The molecule has 122 valence electrons. The van der Waals surface area contributed by atoms with Gasteiger partial charge in [0.05, 0.1) is 7.11 Å². The molecule has 1 aromatic carbocycles. The summed E-state index contributed by atoms with van der Waals surface area (Å²) >= 11 is 0. The third-order valence-corrected chi connectivity index (χ3v) is 4.21. The molecule has 0 spiro atoms. The monoisotopic (exact) mass is 324 g/mol. The number of aromatic nitrogens is 3. The van der Waals surface area contributed by atoms with Gasteiger partial charge in [0, 0.05) is 24.2 Å². The van der Waals surface area contributed by atoms with Gasteiger partial charge in [0.2, 0.25) is 0 Å². The molecule has 7 heteroatoms. The van der Waals surface area contributed by atoms with Gasteiger partial charge in [-0.05, 0) is 18.1 Å². The Labute approximate surface area is 138 Å². The SMILES string of the molecule is COc1ccccc1[C@@H]1CNC(=O)c2nc(-c3ccon3)[nH]c2C1. The second-order valence-electron chi connectivity index (χ2n) is 5.65. The molecular formula is C17H16N4O3. The van der Waals surface area contributed by atoms with Gasteiger partial charge in [-0.3, -0.25) is 4.79 Å². The number of para-hydroxylation sites is 1. The van der Waals surface area contributed by atoms with Crippen LogP contribution in [0.1, 0.15) is 27.7 Å². The number of rotatable bonds is 3. The van der Waals surface area contributed by atoms with Crippen LogP contribution in [0.3, 0.4) is 0 Å².